The number of rotatable bonds is 4. The molecule has 1 fully saturated rings. The molecule has 0 unspecified atom stereocenters. The molecule has 4 aromatic heterocycles. The topological polar surface area (TPSA) is 127 Å². The Morgan fingerprint density at radius 2 is 1.97 bits per heavy atom. The van der Waals surface area contributed by atoms with E-state index >= 15 is 0 Å². The van der Waals surface area contributed by atoms with Gasteiger partial charge in [0.15, 0.2) is 11.6 Å². The van der Waals surface area contributed by atoms with Crippen LogP contribution in [0.5, 0.6) is 0 Å². The van der Waals surface area contributed by atoms with Gasteiger partial charge in [-0.3, -0.25) is 0 Å². The molecule has 178 valence electrons. The highest BCUT2D eigenvalue weighted by Crippen LogP contribution is 2.40. The number of nitrogens with two attached hydrogens (primary N) is 1. The van der Waals surface area contributed by atoms with Crippen LogP contribution in [0.2, 0.25) is 0 Å². The van der Waals surface area contributed by atoms with Crippen molar-refractivity contribution in [3.8, 4) is 22.5 Å². The lowest BCUT2D eigenvalue weighted by Gasteiger charge is -2.34. The van der Waals surface area contributed by atoms with Crippen LogP contribution in [-0.4, -0.2) is 54.2 Å². The van der Waals surface area contributed by atoms with Gasteiger partial charge in [0, 0.05) is 40.8 Å². The van der Waals surface area contributed by atoms with Crippen LogP contribution in [0.4, 0.5) is 5.82 Å². The number of primary sulfonamides is 1. The van der Waals surface area contributed by atoms with Gasteiger partial charge in [-0.25, -0.2) is 28.5 Å². The molecule has 3 N–H and O–H groups in total. The standard InChI is InChI=1S/C24H22N6O3S2/c1-14-12-33-11-10-30(14)24-21-20(19(13-34-21)15-2-4-16(5-3-15)35(25,31)32)28-23(29-24)18-7-9-27-22-17(18)6-8-26-22/h2-9,13-14H,10-12H2,1H3,(H,26,27)(H2,25,31,32)/t14-/m1/s1. The molecule has 0 radical (unpaired) electrons. The Kier molecular flexibility index (Phi) is 5.29. The zero-order chi connectivity index (χ0) is 24.2. The molecule has 0 aliphatic carbocycles. The molecule has 0 spiro atoms. The SMILES string of the molecule is C[C@@H]1COCCN1c1nc(-c2ccnc3[nH]ccc23)nc2c(-c3ccc(S(N)(=O)=O)cc3)csc12. The van der Waals surface area contributed by atoms with E-state index in [1.165, 1.54) is 12.1 Å². The zero-order valence-electron chi connectivity index (χ0n) is 18.8. The Morgan fingerprint density at radius 1 is 1.14 bits per heavy atom. The van der Waals surface area contributed by atoms with E-state index in [0.717, 1.165) is 50.3 Å². The first-order valence-electron chi connectivity index (χ1n) is 11.1. The van der Waals surface area contributed by atoms with Gasteiger partial charge in [-0.05, 0) is 36.8 Å². The number of hydrogen-bond donors (Lipinski definition) is 2. The molecule has 5 heterocycles. The Balaban J connectivity index is 1.58. The van der Waals surface area contributed by atoms with E-state index in [1.54, 1.807) is 29.7 Å². The third-order valence-electron chi connectivity index (χ3n) is 6.23. The third kappa shape index (κ3) is 3.86. The molecule has 9 nitrogen and oxygen atoms in total. The number of H-pyrrole nitrogens is 1. The number of aromatic amines is 1. The van der Waals surface area contributed by atoms with Crippen LogP contribution in [0.3, 0.4) is 0 Å². The van der Waals surface area contributed by atoms with E-state index in [9.17, 15) is 8.42 Å². The highest BCUT2D eigenvalue weighted by molar-refractivity contribution is 7.89. The van der Waals surface area contributed by atoms with Gasteiger partial charge < -0.3 is 14.6 Å². The molecule has 6 rings (SSSR count). The molecule has 5 aromatic rings. The number of anilines is 1. The number of hydrogen-bond acceptors (Lipinski definition) is 8. The van der Waals surface area contributed by atoms with Crippen LogP contribution in [0.1, 0.15) is 6.92 Å². The van der Waals surface area contributed by atoms with Gasteiger partial charge in [0.25, 0.3) is 0 Å². The van der Waals surface area contributed by atoms with Crippen LogP contribution in [0.15, 0.2) is 59.1 Å². The smallest absolute Gasteiger partial charge is 0.238 e. The van der Waals surface area contributed by atoms with Gasteiger partial charge in [-0.2, -0.15) is 0 Å². The Morgan fingerprint density at radius 3 is 2.74 bits per heavy atom. The molecule has 0 bridgehead atoms. The molecule has 0 amide bonds. The van der Waals surface area contributed by atoms with Crippen molar-refractivity contribution in [2.75, 3.05) is 24.7 Å². The number of thiophene rings is 1. The number of nitrogens with one attached hydrogen (secondary N) is 1. The minimum absolute atomic E-state index is 0.0746. The zero-order valence-corrected chi connectivity index (χ0v) is 20.4. The summed E-state index contributed by atoms with van der Waals surface area (Å²) >= 11 is 1.58. The number of sulfonamides is 1. The van der Waals surface area contributed by atoms with E-state index in [4.69, 9.17) is 19.8 Å². The predicted molar refractivity (Wildman–Crippen MR) is 137 cm³/mol. The number of morpholine rings is 1. The first kappa shape index (κ1) is 22.1. The maximum atomic E-state index is 11.7. The fraction of sp³-hybridized carbons (Fsp3) is 0.208. The molecule has 1 aliphatic heterocycles. The van der Waals surface area contributed by atoms with Gasteiger partial charge in [-0.1, -0.05) is 12.1 Å². The lowest BCUT2D eigenvalue weighted by molar-refractivity contribution is 0.0987. The quantitative estimate of drug-likeness (QED) is 0.380. The summed E-state index contributed by atoms with van der Waals surface area (Å²) in [6.45, 7) is 4.13. The average molecular weight is 507 g/mol. The second kappa shape index (κ2) is 8.38. The van der Waals surface area contributed by atoms with Gasteiger partial charge in [-0.15, -0.1) is 11.3 Å². The fourth-order valence-corrected chi connectivity index (χ4v) is 5.98. The summed E-state index contributed by atoms with van der Waals surface area (Å²) < 4.78 is 30.1. The van der Waals surface area contributed by atoms with Gasteiger partial charge in [0.2, 0.25) is 10.0 Å². The molecule has 35 heavy (non-hydrogen) atoms. The van der Waals surface area contributed by atoms with Crippen molar-refractivity contribution in [3.63, 3.8) is 0 Å². The highest BCUT2D eigenvalue weighted by atomic mass is 32.2. The summed E-state index contributed by atoms with van der Waals surface area (Å²) in [5.74, 6) is 1.48. The second-order valence-corrected chi connectivity index (χ2v) is 10.9. The second-order valence-electron chi connectivity index (χ2n) is 8.48. The van der Waals surface area contributed by atoms with Gasteiger partial charge in [0.05, 0.1) is 34.4 Å². The van der Waals surface area contributed by atoms with Crippen LogP contribution < -0.4 is 10.0 Å². The van der Waals surface area contributed by atoms with Crippen molar-refractivity contribution in [2.24, 2.45) is 5.14 Å². The van der Waals surface area contributed by atoms with E-state index in [2.05, 4.69) is 21.8 Å². The van der Waals surface area contributed by atoms with E-state index in [-0.39, 0.29) is 10.9 Å². The predicted octanol–water partition coefficient (Wildman–Crippen LogP) is 3.77. The molecule has 1 saturated heterocycles. The summed E-state index contributed by atoms with van der Waals surface area (Å²) in [5.41, 5.74) is 4.25. The number of ether oxygens (including phenoxy) is 1. The Bertz CT molecular complexity index is 1660. The van der Waals surface area contributed by atoms with E-state index in [0.29, 0.717) is 19.0 Å². The number of nitrogens with zero attached hydrogens (tertiary/aromatic N) is 4. The van der Waals surface area contributed by atoms with Crippen molar-refractivity contribution in [3.05, 3.63) is 54.2 Å². The Labute approximate surface area is 205 Å². The minimum atomic E-state index is -3.77. The maximum Gasteiger partial charge on any atom is 0.238 e. The highest BCUT2D eigenvalue weighted by Gasteiger charge is 2.26. The van der Waals surface area contributed by atoms with E-state index in [1.807, 2.05) is 23.7 Å². The summed E-state index contributed by atoms with van der Waals surface area (Å²) in [4.78, 5) is 20.0. The maximum absolute atomic E-state index is 11.7. The van der Waals surface area contributed by atoms with Crippen LogP contribution in [-0.2, 0) is 14.8 Å². The summed E-state index contributed by atoms with van der Waals surface area (Å²) in [6, 6.07) is 10.6. The van der Waals surface area contributed by atoms with Crippen molar-refractivity contribution in [2.45, 2.75) is 17.9 Å². The number of benzene rings is 1. The normalized spacial score (nSPS) is 16.9. The monoisotopic (exact) mass is 506 g/mol. The minimum Gasteiger partial charge on any atom is -0.377 e. The lowest BCUT2D eigenvalue weighted by atomic mass is 10.1. The first-order chi connectivity index (χ1) is 16.9. The molecule has 1 aromatic carbocycles. The Hall–Kier alpha value is -3.38. The summed E-state index contributed by atoms with van der Waals surface area (Å²) in [6.07, 6.45) is 3.60. The molecular weight excluding hydrogens is 484 g/mol. The molecule has 1 aliphatic rings. The molecule has 1 atom stereocenters. The van der Waals surface area contributed by atoms with Gasteiger partial charge >= 0.3 is 0 Å². The third-order valence-corrected chi connectivity index (χ3v) is 8.13. The number of pyridine rings is 1. The number of aromatic nitrogens is 4. The van der Waals surface area contributed by atoms with Crippen LogP contribution in [0, 0.1) is 0 Å². The lowest BCUT2D eigenvalue weighted by Crippen LogP contribution is -2.44. The van der Waals surface area contributed by atoms with Crippen LogP contribution in [0.25, 0.3) is 43.8 Å². The van der Waals surface area contributed by atoms with Crippen LogP contribution >= 0.6 is 11.3 Å². The summed E-state index contributed by atoms with van der Waals surface area (Å²) in [7, 11) is -3.77. The van der Waals surface area contributed by atoms with Crippen molar-refractivity contribution < 1.29 is 13.2 Å². The average Bonchev–Trinajstić information content (AvgIpc) is 3.50. The van der Waals surface area contributed by atoms with Crippen molar-refractivity contribution in [1.29, 1.82) is 0 Å². The van der Waals surface area contributed by atoms with Gasteiger partial charge in [0.1, 0.15) is 5.65 Å². The molecule has 11 heteroatoms. The first-order valence-corrected chi connectivity index (χ1v) is 13.5. The molecular formula is C24H22N6O3S2. The fourth-order valence-electron chi connectivity index (χ4n) is 4.45. The summed E-state index contributed by atoms with van der Waals surface area (Å²) in [5, 5.41) is 8.27. The number of fused-ring (bicyclic) bond motifs is 2. The van der Waals surface area contributed by atoms with Crippen molar-refractivity contribution >= 4 is 48.4 Å². The largest absolute Gasteiger partial charge is 0.377 e. The van der Waals surface area contributed by atoms with E-state index < -0.39 is 10.0 Å². The molecule has 0 saturated carbocycles. The van der Waals surface area contributed by atoms with Crippen molar-refractivity contribution in [1.82, 2.24) is 19.9 Å².